The molecule has 0 aliphatic heterocycles. The molecule has 0 heterocycles. The Morgan fingerprint density at radius 2 is 2.09 bits per heavy atom. The minimum atomic E-state index is 0. The molecule has 0 amide bonds. The van der Waals surface area contributed by atoms with Crippen LogP contribution in [0.3, 0.4) is 0 Å². The quantitative estimate of drug-likeness (QED) is 0.695. The molecule has 0 bridgehead atoms. The highest BCUT2D eigenvalue weighted by atomic mass is 35.5. The summed E-state index contributed by atoms with van der Waals surface area (Å²) >= 11 is 0. The van der Waals surface area contributed by atoms with Crippen LogP contribution in [0.15, 0.2) is 0 Å². The van der Waals surface area contributed by atoms with Crippen molar-refractivity contribution in [1.82, 2.24) is 5.32 Å². The van der Waals surface area contributed by atoms with Crippen molar-refractivity contribution in [2.75, 3.05) is 14.2 Å². The third kappa shape index (κ3) is 3.41. The van der Waals surface area contributed by atoms with E-state index in [1.807, 2.05) is 14.2 Å². The Morgan fingerprint density at radius 3 is 2.64 bits per heavy atom. The molecule has 68 valence electrons. The highest BCUT2D eigenvalue weighted by Crippen LogP contribution is 2.19. The Bertz CT molecular complexity index is 90.1. The van der Waals surface area contributed by atoms with E-state index in [1.54, 1.807) is 0 Å². The van der Waals surface area contributed by atoms with Crippen LogP contribution in [0.25, 0.3) is 0 Å². The summed E-state index contributed by atoms with van der Waals surface area (Å²) in [6.07, 6.45) is 5.56. The van der Waals surface area contributed by atoms with Crippen molar-refractivity contribution in [1.29, 1.82) is 0 Å². The zero-order valence-electron chi connectivity index (χ0n) is 7.30. The lowest BCUT2D eigenvalue weighted by molar-refractivity contribution is 0.0601. The van der Waals surface area contributed by atoms with Gasteiger partial charge in [0.1, 0.15) is 0 Å². The molecule has 0 aromatic heterocycles. The zero-order valence-corrected chi connectivity index (χ0v) is 8.12. The molecule has 1 aliphatic carbocycles. The SMILES string of the molecule is CN[C@@H]1CCC[C@H](OC)C1.Cl. The predicted octanol–water partition coefficient (Wildman–Crippen LogP) is 1.59. The molecular formula is C8H18ClNO. The van der Waals surface area contributed by atoms with Gasteiger partial charge < -0.3 is 10.1 Å². The van der Waals surface area contributed by atoms with E-state index in [-0.39, 0.29) is 12.4 Å². The first-order chi connectivity index (χ1) is 4.86. The summed E-state index contributed by atoms with van der Waals surface area (Å²) < 4.78 is 5.28. The van der Waals surface area contributed by atoms with Gasteiger partial charge in [0.05, 0.1) is 6.10 Å². The number of hydrogen-bond acceptors (Lipinski definition) is 2. The van der Waals surface area contributed by atoms with Crippen LogP contribution in [0.1, 0.15) is 25.7 Å². The van der Waals surface area contributed by atoms with Crippen molar-refractivity contribution in [3.63, 3.8) is 0 Å². The van der Waals surface area contributed by atoms with E-state index in [0.717, 1.165) is 0 Å². The zero-order chi connectivity index (χ0) is 7.40. The van der Waals surface area contributed by atoms with E-state index >= 15 is 0 Å². The van der Waals surface area contributed by atoms with Gasteiger partial charge in [0.25, 0.3) is 0 Å². The van der Waals surface area contributed by atoms with E-state index in [1.165, 1.54) is 25.7 Å². The maximum absolute atomic E-state index is 5.28. The van der Waals surface area contributed by atoms with Gasteiger partial charge in [-0.05, 0) is 32.7 Å². The molecular weight excluding hydrogens is 162 g/mol. The smallest absolute Gasteiger partial charge is 0.0586 e. The van der Waals surface area contributed by atoms with Gasteiger partial charge in [-0.1, -0.05) is 0 Å². The standard InChI is InChI=1S/C8H17NO.ClH/c1-9-7-4-3-5-8(6-7)10-2;/h7-9H,3-6H2,1-2H3;1H/t7-,8+;/m1./s1. The Morgan fingerprint density at radius 1 is 1.36 bits per heavy atom. The third-order valence-corrected chi connectivity index (χ3v) is 2.37. The van der Waals surface area contributed by atoms with E-state index in [9.17, 15) is 0 Å². The number of rotatable bonds is 2. The van der Waals surface area contributed by atoms with Gasteiger partial charge in [-0.25, -0.2) is 0 Å². The Hall–Kier alpha value is 0.210. The molecule has 1 N–H and O–H groups in total. The monoisotopic (exact) mass is 179 g/mol. The molecule has 0 radical (unpaired) electrons. The van der Waals surface area contributed by atoms with Crippen LogP contribution < -0.4 is 5.32 Å². The first-order valence-electron chi connectivity index (χ1n) is 4.07. The first kappa shape index (κ1) is 11.2. The topological polar surface area (TPSA) is 21.3 Å². The van der Waals surface area contributed by atoms with Crippen molar-refractivity contribution in [3.8, 4) is 0 Å². The fourth-order valence-corrected chi connectivity index (χ4v) is 1.62. The lowest BCUT2D eigenvalue weighted by atomic mass is 9.93. The predicted molar refractivity (Wildman–Crippen MR) is 49.4 cm³/mol. The lowest BCUT2D eigenvalue weighted by Crippen LogP contribution is -2.34. The summed E-state index contributed by atoms with van der Waals surface area (Å²) in [5.74, 6) is 0. The summed E-state index contributed by atoms with van der Waals surface area (Å²) in [4.78, 5) is 0. The molecule has 1 aliphatic rings. The fraction of sp³-hybridized carbons (Fsp3) is 1.00. The summed E-state index contributed by atoms with van der Waals surface area (Å²) in [7, 11) is 3.84. The highest BCUT2D eigenvalue weighted by Gasteiger charge is 2.19. The van der Waals surface area contributed by atoms with E-state index in [0.29, 0.717) is 12.1 Å². The van der Waals surface area contributed by atoms with E-state index < -0.39 is 0 Å². The molecule has 0 unspecified atom stereocenters. The number of hydrogen-bond donors (Lipinski definition) is 1. The highest BCUT2D eigenvalue weighted by molar-refractivity contribution is 5.85. The molecule has 0 aromatic rings. The van der Waals surface area contributed by atoms with Gasteiger partial charge >= 0.3 is 0 Å². The summed E-state index contributed by atoms with van der Waals surface area (Å²) in [5.41, 5.74) is 0. The van der Waals surface area contributed by atoms with Crippen molar-refractivity contribution in [2.45, 2.75) is 37.8 Å². The molecule has 1 fully saturated rings. The molecule has 11 heavy (non-hydrogen) atoms. The van der Waals surface area contributed by atoms with Gasteiger partial charge in [-0.15, -0.1) is 12.4 Å². The van der Waals surface area contributed by atoms with Gasteiger partial charge in [-0.2, -0.15) is 0 Å². The molecule has 0 saturated heterocycles. The Labute approximate surface area is 75.1 Å². The second kappa shape index (κ2) is 5.81. The minimum absolute atomic E-state index is 0. The van der Waals surface area contributed by atoms with Crippen LogP contribution in [-0.2, 0) is 4.74 Å². The van der Waals surface area contributed by atoms with Crippen LogP contribution in [-0.4, -0.2) is 26.3 Å². The summed E-state index contributed by atoms with van der Waals surface area (Å²) in [5, 5.41) is 3.29. The van der Waals surface area contributed by atoms with Crippen LogP contribution in [0.5, 0.6) is 0 Å². The van der Waals surface area contributed by atoms with Crippen molar-refractivity contribution < 1.29 is 4.74 Å². The van der Waals surface area contributed by atoms with Gasteiger partial charge in [0.15, 0.2) is 0 Å². The van der Waals surface area contributed by atoms with Crippen molar-refractivity contribution in [3.05, 3.63) is 0 Å². The van der Waals surface area contributed by atoms with Gasteiger partial charge in [-0.3, -0.25) is 0 Å². The molecule has 1 rings (SSSR count). The molecule has 3 heteroatoms. The van der Waals surface area contributed by atoms with Crippen LogP contribution in [0.2, 0.25) is 0 Å². The minimum Gasteiger partial charge on any atom is -0.381 e. The summed E-state index contributed by atoms with van der Waals surface area (Å²) in [6, 6.07) is 0.693. The largest absolute Gasteiger partial charge is 0.381 e. The maximum atomic E-state index is 5.28. The number of halogens is 1. The average Bonchev–Trinajstić information content (AvgIpc) is 2.05. The molecule has 2 nitrogen and oxygen atoms in total. The fourth-order valence-electron chi connectivity index (χ4n) is 1.62. The molecule has 1 saturated carbocycles. The molecule has 2 atom stereocenters. The maximum Gasteiger partial charge on any atom is 0.0586 e. The third-order valence-electron chi connectivity index (χ3n) is 2.37. The average molecular weight is 180 g/mol. The van der Waals surface area contributed by atoms with Crippen LogP contribution in [0, 0.1) is 0 Å². The van der Waals surface area contributed by atoms with E-state index in [2.05, 4.69) is 5.32 Å². The van der Waals surface area contributed by atoms with Crippen LogP contribution >= 0.6 is 12.4 Å². The number of nitrogens with one attached hydrogen (secondary N) is 1. The molecule has 0 aromatic carbocycles. The lowest BCUT2D eigenvalue weighted by Gasteiger charge is -2.27. The normalized spacial score (nSPS) is 31.1. The Kier molecular flexibility index (Phi) is 5.92. The van der Waals surface area contributed by atoms with Crippen molar-refractivity contribution in [2.24, 2.45) is 0 Å². The van der Waals surface area contributed by atoms with Gasteiger partial charge in [0.2, 0.25) is 0 Å². The second-order valence-corrected chi connectivity index (χ2v) is 3.01. The van der Waals surface area contributed by atoms with E-state index in [4.69, 9.17) is 4.74 Å². The summed E-state index contributed by atoms with van der Waals surface area (Å²) in [6.45, 7) is 0. The molecule has 0 spiro atoms. The first-order valence-corrected chi connectivity index (χ1v) is 4.07. The van der Waals surface area contributed by atoms with Gasteiger partial charge in [0, 0.05) is 13.2 Å². The number of methoxy groups -OCH3 is 1. The van der Waals surface area contributed by atoms with Crippen LogP contribution in [0.4, 0.5) is 0 Å². The Balaban J connectivity index is 0.000001000. The number of ether oxygens (including phenoxy) is 1. The second-order valence-electron chi connectivity index (χ2n) is 3.01. The van der Waals surface area contributed by atoms with Crippen molar-refractivity contribution >= 4 is 12.4 Å².